The zero-order valence-electron chi connectivity index (χ0n) is 12.8. The van der Waals surface area contributed by atoms with E-state index < -0.39 is 0 Å². The third-order valence-electron chi connectivity index (χ3n) is 3.70. The van der Waals surface area contributed by atoms with Crippen LogP contribution in [0.4, 0.5) is 4.39 Å². The molecule has 1 fully saturated rings. The van der Waals surface area contributed by atoms with Gasteiger partial charge in [0.1, 0.15) is 17.7 Å². The Morgan fingerprint density at radius 3 is 2.82 bits per heavy atom. The van der Waals surface area contributed by atoms with Crippen molar-refractivity contribution in [3.8, 4) is 5.75 Å². The van der Waals surface area contributed by atoms with Gasteiger partial charge in [0.2, 0.25) is 5.91 Å². The van der Waals surface area contributed by atoms with Crippen molar-refractivity contribution in [2.75, 3.05) is 20.2 Å². The molecule has 1 aliphatic heterocycles. The first-order valence-electron chi connectivity index (χ1n) is 7.27. The number of amides is 1. The Bertz CT molecular complexity index is 561. The van der Waals surface area contributed by atoms with Crippen LogP contribution in [0.3, 0.4) is 0 Å². The lowest BCUT2D eigenvalue weighted by molar-refractivity contribution is -0.146. The highest BCUT2D eigenvalue weighted by atomic mass is 19.1. The molecule has 1 aromatic carbocycles. The minimum Gasteiger partial charge on any atom is -0.497 e. The normalized spacial score (nSPS) is 17.4. The van der Waals surface area contributed by atoms with Crippen molar-refractivity contribution in [3.63, 3.8) is 0 Å². The second-order valence-corrected chi connectivity index (χ2v) is 5.32. The Morgan fingerprint density at radius 1 is 1.41 bits per heavy atom. The topological polar surface area (TPSA) is 55.8 Å². The minimum atomic E-state index is -0.369. The fraction of sp³-hybridized carbons (Fsp3) is 0.500. The molecule has 0 aliphatic carbocycles. The zero-order valence-corrected chi connectivity index (χ0v) is 12.8. The number of methoxy groups -OCH3 is 1. The Labute approximate surface area is 129 Å². The van der Waals surface area contributed by atoms with E-state index in [9.17, 15) is 14.0 Å². The summed E-state index contributed by atoms with van der Waals surface area (Å²) in [5.41, 5.74) is 0.491. The number of benzene rings is 1. The van der Waals surface area contributed by atoms with Crippen LogP contribution in [-0.2, 0) is 20.7 Å². The summed E-state index contributed by atoms with van der Waals surface area (Å²) in [7, 11) is 1.48. The van der Waals surface area contributed by atoms with Gasteiger partial charge < -0.3 is 14.4 Å². The first-order chi connectivity index (χ1) is 10.5. The van der Waals surface area contributed by atoms with Gasteiger partial charge in [-0.05, 0) is 18.1 Å². The van der Waals surface area contributed by atoms with E-state index >= 15 is 0 Å². The van der Waals surface area contributed by atoms with Crippen molar-refractivity contribution < 1.29 is 23.5 Å². The van der Waals surface area contributed by atoms with Gasteiger partial charge in [0.15, 0.2) is 0 Å². The highest BCUT2D eigenvalue weighted by Gasteiger charge is 2.27. The van der Waals surface area contributed by atoms with Gasteiger partial charge >= 0.3 is 5.97 Å². The highest BCUT2D eigenvalue weighted by molar-refractivity contribution is 5.77. The third-order valence-corrected chi connectivity index (χ3v) is 3.70. The quantitative estimate of drug-likeness (QED) is 0.780. The average molecular weight is 309 g/mol. The zero-order chi connectivity index (χ0) is 16.1. The molecule has 1 aromatic rings. The molecule has 5 nitrogen and oxygen atoms in total. The molecular weight excluding hydrogens is 289 g/mol. The number of ether oxygens (including phenoxy) is 2. The van der Waals surface area contributed by atoms with E-state index in [0.717, 1.165) is 0 Å². The minimum absolute atomic E-state index is 0.0510. The Morgan fingerprint density at radius 2 is 2.18 bits per heavy atom. The lowest BCUT2D eigenvalue weighted by Crippen LogP contribution is -2.30. The van der Waals surface area contributed by atoms with Gasteiger partial charge in [-0.2, -0.15) is 0 Å². The molecule has 0 unspecified atom stereocenters. The number of likely N-dealkylation sites (tertiary alicyclic amines) is 1. The summed E-state index contributed by atoms with van der Waals surface area (Å²) in [5, 5.41) is 0. The summed E-state index contributed by atoms with van der Waals surface area (Å²) >= 11 is 0. The summed E-state index contributed by atoms with van der Waals surface area (Å²) < 4.78 is 23.8. The van der Waals surface area contributed by atoms with Gasteiger partial charge in [0, 0.05) is 32.4 Å². The molecule has 6 heteroatoms. The van der Waals surface area contributed by atoms with Crippen LogP contribution in [0.25, 0.3) is 0 Å². The molecule has 1 atom stereocenters. The van der Waals surface area contributed by atoms with Gasteiger partial charge in [-0.25, -0.2) is 4.39 Å². The number of nitrogens with zero attached hydrogens (tertiary/aromatic N) is 1. The first kappa shape index (κ1) is 16.3. The summed E-state index contributed by atoms with van der Waals surface area (Å²) in [5.74, 6) is -0.299. The SMILES string of the molecule is COc1ccc(CCC(=O)N2CC[C@@H](OC(C)=O)C2)c(F)c1. The van der Waals surface area contributed by atoms with Crippen LogP contribution in [0.2, 0.25) is 0 Å². The third kappa shape index (κ3) is 4.19. The molecular formula is C16H20FNO4. The average Bonchev–Trinajstić information content (AvgIpc) is 2.93. The summed E-state index contributed by atoms with van der Waals surface area (Å²) in [6.07, 6.45) is 1.00. The lowest BCUT2D eigenvalue weighted by Gasteiger charge is -2.16. The molecule has 0 bridgehead atoms. The highest BCUT2D eigenvalue weighted by Crippen LogP contribution is 2.19. The molecule has 120 valence electrons. The van der Waals surface area contributed by atoms with E-state index in [0.29, 0.717) is 37.2 Å². The van der Waals surface area contributed by atoms with Gasteiger partial charge in [0.05, 0.1) is 13.7 Å². The Kier molecular flexibility index (Phi) is 5.35. The van der Waals surface area contributed by atoms with Crippen LogP contribution in [0.15, 0.2) is 18.2 Å². The number of rotatable bonds is 5. The summed E-state index contributed by atoms with van der Waals surface area (Å²) in [4.78, 5) is 24.7. The van der Waals surface area contributed by atoms with Crippen molar-refractivity contribution in [2.24, 2.45) is 0 Å². The maximum atomic E-state index is 13.8. The Balaban J connectivity index is 1.84. The molecule has 22 heavy (non-hydrogen) atoms. The second-order valence-electron chi connectivity index (χ2n) is 5.32. The van der Waals surface area contributed by atoms with Crippen LogP contribution in [0.1, 0.15) is 25.3 Å². The molecule has 0 saturated carbocycles. The number of hydrogen-bond donors (Lipinski definition) is 0. The van der Waals surface area contributed by atoms with Gasteiger partial charge in [-0.3, -0.25) is 9.59 Å². The van der Waals surface area contributed by atoms with E-state index in [1.54, 1.807) is 17.0 Å². The smallest absolute Gasteiger partial charge is 0.302 e. The largest absolute Gasteiger partial charge is 0.497 e. The lowest BCUT2D eigenvalue weighted by atomic mass is 10.1. The van der Waals surface area contributed by atoms with Crippen molar-refractivity contribution in [1.29, 1.82) is 0 Å². The van der Waals surface area contributed by atoms with Gasteiger partial charge in [0.25, 0.3) is 0 Å². The van der Waals surface area contributed by atoms with E-state index in [4.69, 9.17) is 9.47 Å². The molecule has 0 N–H and O–H groups in total. The van der Waals surface area contributed by atoms with E-state index in [-0.39, 0.29) is 30.2 Å². The fourth-order valence-corrected chi connectivity index (χ4v) is 2.54. The Hall–Kier alpha value is -2.11. The summed E-state index contributed by atoms with van der Waals surface area (Å²) in [6.45, 7) is 2.35. The van der Waals surface area contributed by atoms with Crippen LogP contribution < -0.4 is 4.74 Å². The number of halogens is 1. The van der Waals surface area contributed by atoms with E-state index in [2.05, 4.69) is 0 Å². The molecule has 2 rings (SSSR count). The van der Waals surface area contributed by atoms with Crippen molar-refractivity contribution in [1.82, 2.24) is 4.90 Å². The van der Waals surface area contributed by atoms with Crippen LogP contribution >= 0.6 is 0 Å². The maximum Gasteiger partial charge on any atom is 0.302 e. The number of aryl methyl sites for hydroxylation is 1. The van der Waals surface area contributed by atoms with E-state index in [1.807, 2.05) is 0 Å². The summed E-state index contributed by atoms with van der Waals surface area (Å²) in [6, 6.07) is 4.62. The number of carbonyl (C=O) groups is 2. The number of hydrogen-bond acceptors (Lipinski definition) is 4. The van der Waals surface area contributed by atoms with Crippen LogP contribution in [-0.4, -0.2) is 43.1 Å². The molecule has 0 spiro atoms. The monoisotopic (exact) mass is 309 g/mol. The molecule has 1 heterocycles. The van der Waals surface area contributed by atoms with Crippen molar-refractivity contribution >= 4 is 11.9 Å². The van der Waals surface area contributed by atoms with Crippen LogP contribution in [0.5, 0.6) is 5.75 Å². The van der Waals surface area contributed by atoms with Crippen molar-refractivity contribution in [2.45, 2.75) is 32.3 Å². The number of carbonyl (C=O) groups excluding carboxylic acids is 2. The molecule has 1 amide bonds. The van der Waals surface area contributed by atoms with Crippen molar-refractivity contribution in [3.05, 3.63) is 29.6 Å². The molecule has 0 aromatic heterocycles. The molecule has 1 saturated heterocycles. The second kappa shape index (κ2) is 7.24. The van der Waals surface area contributed by atoms with Gasteiger partial charge in [-0.1, -0.05) is 6.07 Å². The van der Waals surface area contributed by atoms with Crippen LogP contribution in [0, 0.1) is 5.82 Å². The molecule has 1 aliphatic rings. The maximum absolute atomic E-state index is 13.8. The predicted octanol–water partition coefficient (Wildman–Crippen LogP) is 1.93. The van der Waals surface area contributed by atoms with Gasteiger partial charge in [-0.15, -0.1) is 0 Å². The first-order valence-corrected chi connectivity index (χ1v) is 7.27. The predicted molar refractivity (Wildman–Crippen MR) is 78.0 cm³/mol. The number of esters is 1. The fourth-order valence-electron chi connectivity index (χ4n) is 2.54. The molecule has 0 radical (unpaired) electrons. The van der Waals surface area contributed by atoms with E-state index in [1.165, 1.54) is 20.1 Å². The standard InChI is InChI=1S/C16H20FNO4/c1-11(19)22-14-7-8-18(10-14)16(20)6-4-12-3-5-13(21-2)9-15(12)17/h3,5,9,14H,4,6-8,10H2,1-2H3/t14-/m1/s1.